The van der Waals surface area contributed by atoms with Crippen LogP contribution >= 0.6 is 0 Å². The number of aromatic nitrogens is 1. The van der Waals surface area contributed by atoms with Gasteiger partial charge in [0.2, 0.25) is 0 Å². The topological polar surface area (TPSA) is 51.4 Å². The van der Waals surface area contributed by atoms with Gasteiger partial charge in [0.15, 0.2) is 0 Å². The number of nitrogens with zero attached hydrogens (tertiary/aromatic N) is 2. The molecule has 1 aliphatic rings. The molecule has 31 heavy (non-hydrogen) atoms. The van der Waals surface area contributed by atoms with E-state index in [1.165, 1.54) is 18.3 Å². The number of pyridine rings is 1. The molecule has 0 saturated carbocycles. The van der Waals surface area contributed by atoms with Gasteiger partial charge in [-0.25, -0.2) is 8.78 Å². The number of hydrogen-bond donors (Lipinski definition) is 1. The van der Waals surface area contributed by atoms with Crippen LogP contribution in [-0.4, -0.2) is 23.5 Å². The molecule has 0 spiro atoms. The van der Waals surface area contributed by atoms with E-state index in [1.54, 1.807) is 25.3 Å². The molecule has 1 aromatic heterocycles. The van der Waals surface area contributed by atoms with Crippen LogP contribution in [-0.2, 0) is 0 Å². The lowest BCUT2D eigenvalue weighted by atomic mass is 9.97. The van der Waals surface area contributed by atoms with Crippen molar-refractivity contribution in [2.45, 2.75) is 37.9 Å². The molecule has 6 heteroatoms. The van der Waals surface area contributed by atoms with Gasteiger partial charge in [-0.1, -0.05) is 24.3 Å². The van der Waals surface area contributed by atoms with Gasteiger partial charge < -0.3 is 10.5 Å². The number of rotatable bonds is 6. The van der Waals surface area contributed by atoms with Gasteiger partial charge in [0, 0.05) is 17.6 Å². The predicted octanol–water partition coefficient (Wildman–Crippen LogP) is 5.31. The Morgan fingerprint density at radius 3 is 2.42 bits per heavy atom. The van der Waals surface area contributed by atoms with Crippen molar-refractivity contribution >= 4 is 0 Å². The third kappa shape index (κ3) is 4.45. The highest BCUT2D eigenvalue weighted by Crippen LogP contribution is 2.40. The Kier molecular flexibility index (Phi) is 6.30. The van der Waals surface area contributed by atoms with Crippen molar-refractivity contribution in [3.63, 3.8) is 0 Å². The van der Waals surface area contributed by atoms with Crippen LogP contribution in [0.2, 0.25) is 0 Å². The molecule has 0 bridgehead atoms. The van der Waals surface area contributed by atoms with Crippen molar-refractivity contribution in [3.8, 4) is 5.75 Å². The minimum absolute atomic E-state index is 0.0562. The maximum Gasteiger partial charge on any atom is 0.146 e. The Morgan fingerprint density at radius 2 is 1.74 bits per heavy atom. The molecule has 3 atom stereocenters. The fourth-order valence-corrected chi connectivity index (χ4v) is 4.40. The van der Waals surface area contributed by atoms with Crippen molar-refractivity contribution in [3.05, 3.63) is 94.8 Å². The fourth-order valence-electron chi connectivity index (χ4n) is 4.40. The molecule has 1 fully saturated rings. The van der Waals surface area contributed by atoms with Crippen molar-refractivity contribution in [2.24, 2.45) is 5.73 Å². The predicted molar refractivity (Wildman–Crippen MR) is 117 cm³/mol. The standard InChI is InChI=1S/C25H27F2N3O/c1-16(17-7-11-20(31-2)12-8-17)30-13-3-4-24(30)21-14-23(29-15-22(21)27)25(28)18-5-9-19(26)10-6-18/h5-12,14-16,24-25H,3-4,13,28H2,1-2H3/t16-,24+,25?/m1/s1. The van der Waals surface area contributed by atoms with E-state index in [-0.39, 0.29) is 23.7 Å². The Labute approximate surface area is 181 Å². The van der Waals surface area contributed by atoms with E-state index in [0.717, 1.165) is 36.3 Å². The molecule has 0 aliphatic carbocycles. The first kappa shape index (κ1) is 21.4. The second-order valence-corrected chi connectivity index (χ2v) is 8.00. The van der Waals surface area contributed by atoms with Crippen LogP contribution in [0.4, 0.5) is 8.78 Å². The summed E-state index contributed by atoms with van der Waals surface area (Å²) >= 11 is 0. The molecule has 1 aliphatic heterocycles. The Hall–Kier alpha value is -2.83. The number of hydrogen-bond acceptors (Lipinski definition) is 4. The molecule has 162 valence electrons. The summed E-state index contributed by atoms with van der Waals surface area (Å²) in [7, 11) is 1.65. The fraction of sp³-hybridized carbons (Fsp3) is 0.320. The Balaban J connectivity index is 1.61. The van der Waals surface area contributed by atoms with Crippen LogP contribution in [0.15, 0.2) is 60.8 Å². The normalized spacial score (nSPS) is 18.7. The maximum absolute atomic E-state index is 14.9. The van der Waals surface area contributed by atoms with Crippen LogP contribution in [0.3, 0.4) is 0 Å². The van der Waals surface area contributed by atoms with E-state index in [0.29, 0.717) is 11.3 Å². The lowest BCUT2D eigenvalue weighted by Crippen LogP contribution is -2.27. The molecule has 4 nitrogen and oxygen atoms in total. The quantitative estimate of drug-likeness (QED) is 0.583. The van der Waals surface area contributed by atoms with Crippen molar-refractivity contribution in [1.29, 1.82) is 0 Å². The molecular weight excluding hydrogens is 396 g/mol. The maximum atomic E-state index is 14.9. The average Bonchev–Trinajstić information content (AvgIpc) is 3.28. The van der Waals surface area contributed by atoms with Crippen LogP contribution < -0.4 is 10.5 Å². The molecule has 2 aromatic carbocycles. The molecule has 1 saturated heterocycles. The molecule has 4 rings (SSSR count). The summed E-state index contributed by atoms with van der Waals surface area (Å²) in [5, 5.41) is 0. The van der Waals surface area contributed by atoms with Gasteiger partial charge in [-0.15, -0.1) is 0 Å². The summed E-state index contributed by atoms with van der Waals surface area (Å²) in [6.45, 7) is 3.03. The van der Waals surface area contributed by atoms with E-state index in [9.17, 15) is 8.78 Å². The number of ether oxygens (including phenoxy) is 1. The minimum Gasteiger partial charge on any atom is -0.497 e. The lowest BCUT2D eigenvalue weighted by Gasteiger charge is -2.32. The van der Waals surface area contributed by atoms with Crippen molar-refractivity contribution < 1.29 is 13.5 Å². The van der Waals surface area contributed by atoms with Gasteiger partial charge in [0.25, 0.3) is 0 Å². The average molecular weight is 424 g/mol. The molecular formula is C25H27F2N3O. The smallest absolute Gasteiger partial charge is 0.146 e. The Bertz CT molecular complexity index is 1020. The largest absolute Gasteiger partial charge is 0.497 e. The highest BCUT2D eigenvalue weighted by atomic mass is 19.1. The van der Waals surface area contributed by atoms with Gasteiger partial charge in [0.05, 0.1) is 25.0 Å². The first-order valence-corrected chi connectivity index (χ1v) is 10.5. The molecule has 2 heterocycles. The number of likely N-dealkylation sites (tertiary alicyclic amines) is 1. The van der Waals surface area contributed by atoms with Gasteiger partial charge in [-0.05, 0) is 67.8 Å². The number of benzene rings is 2. The van der Waals surface area contributed by atoms with Gasteiger partial charge in [-0.2, -0.15) is 0 Å². The number of methoxy groups -OCH3 is 1. The first-order chi connectivity index (χ1) is 15.0. The summed E-state index contributed by atoms with van der Waals surface area (Å²) in [5.74, 6) is 0.167. The van der Waals surface area contributed by atoms with Crippen LogP contribution in [0, 0.1) is 11.6 Å². The van der Waals surface area contributed by atoms with Gasteiger partial charge in [-0.3, -0.25) is 9.88 Å². The molecule has 2 N–H and O–H groups in total. The summed E-state index contributed by atoms with van der Waals surface area (Å²) in [6, 6.07) is 15.3. The van der Waals surface area contributed by atoms with E-state index < -0.39 is 6.04 Å². The van der Waals surface area contributed by atoms with Gasteiger partial charge >= 0.3 is 0 Å². The first-order valence-electron chi connectivity index (χ1n) is 10.5. The van der Waals surface area contributed by atoms with E-state index in [1.807, 2.05) is 12.1 Å². The minimum atomic E-state index is -0.547. The number of halogens is 2. The van der Waals surface area contributed by atoms with E-state index >= 15 is 0 Å². The zero-order valence-corrected chi connectivity index (χ0v) is 17.8. The van der Waals surface area contributed by atoms with Crippen molar-refractivity contribution in [2.75, 3.05) is 13.7 Å². The summed E-state index contributed by atoms with van der Waals surface area (Å²) < 4.78 is 33.4. The zero-order valence-electron chi connectivity index (χ0n) is 17.8. The van der Waals surface area contributed by atoms with E-state index in [4.69, 9.17) is 10.5 Å². The molecule has 0 amide bonds. The third-order valence-electron chi connectivity index (χ3n) is 6.20. The van der Waals surface area contributed by atoms with E-state index in [2.05, 4.69) is 28.9 Å². The van der Waals surface area contributed by atoms with Crippen LogP contribution in [0.1, 0.15) is 60.3 Å². The summed E-state index contributed by atoms with van der Waals surface area (Å²) in [4.78, 5) is 6.56. The highest BCUT2D eigenvalue weighted by molar-refractivity contribution is 5.33. The summed E-state index contributed by atoms with van der Waals surface area (Å²) in [6.07, 6.45) is 3.11. The molecule has 0 radical (unpaired) electrons. The third-order valence-corrected chi connectivity index (χ3v) is 6.20. The van der Waals surface area contributed by atoms with Crippen LogP contribution in [0.25, 0.3) is 0 Å². The Morgan fingerprint density at radius 1 is 1.06 bits per heavy atom. The molecule has 3 aromatic rings. The van der Waals surface area contributed by atoms with Crippen molar-refractivity contribution in [1.82, 2.24) is 9.88 Å². The SMILES string of the molecule is COc1ccc([C@@H](C)N2CCC[C@H]2c2cc(C(N)c3ccc(F)cc3)ncc2F)cc1. The van der Waals surface area contributed by atoms with Gasteiger partial charge in [0.1, 0.15) is 17.4 Å². The summed E-state index contributed by atoms with van der Waals surface area (Å²) in [5.41, 5.74) is 9.45. The monoisotopic (exact) mass is 423 g/mol. The zero-order chi connectivity index (χ0) is 22.0. The molecule has 1 unspecified atom stereocenters. The number of nitrogens with two attached hydrogens (primary N) is 1. The second kappa shape index (κ2) is 9.12. The highest BCUT2D eigenvalue weighted by Gasteiger charge is 2.32. The van der Waals surface area contributed by atoms with Crippen LogP contribution in [0.5, 0.6) is 5.75 Å². The lowest BCUT2D eigenvalue weighted by molar-refractivity contribution is 0.190. The second-order valence-electron chi connectivity index (χ2n) is 8.00.